The van der Waals surface area contributed by atoms with Gasteiger partial charge in [-0.15, -0.1) is 0 Å². The van der Waals surface area contributed by atoms with Crippen LogP contribution in [0.4, 0.5) is 0 Å². The summed E-state index contributed by atoms with van der Waals surface area (Å²) in [5.41, 5.74) is 1.06. The Morgan fingerprint density at radius 2 is 1.41 bits per heavy atom. The second kappa shape index (κ2) is 16.1. The van der Waals surface area contributed by atoms with E-state index >= 15 is 9.59 Å². The Hall–Kier alpha value is -4.45. The zero-order valence-electron chi connectivity index (χ0n) is 32.3. The van der Waals surface area contributed by atoms with Crippen molar-refractivity contribution in [2.45, 2.75) is 77.1 Å². The molecule has 5 atom stereocenters. The molecule has 2 saturated heterocycles. The van der Waals surface area contributed by atoms with Crippen molar-refractivity contribution in [1.29, 1.82) is 5.26 Å². The van der Waals surface area contributed by atoms with Crippen LogP contribution in [0.2, 0.25) is 18.1 Å². The van der Waals surface area contributed by atoms with Crippen LogP contribution in [0.3, 0.4) is 0 Å². The highest BCUT2D eigenvalue weighted by Gasteiger charge is 2.61. The molecular weight excluding hydrogens is 712 g/mol. The number of nitriles is 1. The van der Waals surface area contributed by atoms with Gasteiger partial charge >= 0.3 is 5.97 Å². The Kier molecular flexibility index (Phi) is 11.7. The number of nitrogens with zero attached hydrogens (tertiary/aromatic N) is 2. The van der Waals surface area contributed by atoms with Gasteiger partial charge in [-0.3, -0.25) is 4.79 Å². The molecule has 1 amide bonds. The summed E-state index contributed by atoms with van der Waals surface area (Å²) in [6.45, 7) is 10.2. The molecular formula is C44H51N2O6PSi. The third-order valence-electron chi connectivity index (χ3n) is 11.3. The highest BCUT2D eigenvalue weighted by molar-refractivity contribution is 7.96. The molecule has 0 saturated carbocycles. The lowest BCUT2D eigenvalue weighted by Gasteiger charge is -2.55. The number of hydrogen-bond acceptors (Lipinski definition) is 7. The Balaban J connectivity index is 1.64. The number of β-lactam (4-membered cyclic amide) rings is 1. The minimum Gasteiger partial charge on any atom is -0.497 e. The van der Waals surface area contributed by atoms with Crippen LogP contribution >= 0.6 is 6.89 Å². The van der Waals surface area contributed by atoms with Crippen LogP contribution in [0.15, 0.2) is 115 Å². The van der Waals surface area contributed by atoms with Crippen molar-refractivity contribution in [2.75, 3.05) is 13.7 Å². The molecule has 0 spiro atoms. The first-order valence-corrected chi connectivity index (χ1v) is 23.3. The number of carbonyl (C=O) groups is 2. The normalized spacial score (nSPS) is 19.6. The van der Waals surface area contributed by atoms with Crippen molar-refractivity contribution in [2.24, 2.45) is 11.8 Å². The first-order chi connectivity index (χ1) is 25.8. The molecule has 0 N–H and O–H groups in total. The lowest BCUT2D eigenvalue weighted by atomic mass is 9.73. The zero-order chi connectivity index (χ0) is 38.7. The molecule has 2 heterocycles. The van der Waals surface area contributed by atoms with Gasteiger partial charge in [-0.2, -0.15) is 5.26 Å². The SMILES string of the molecule is COc1ccc(COC(=O)C(N2C(=O)[C@H]([C@@H](C)O[Si](C)(C)C(C)(C)C)[C@H]2[C@@H](CC#N)[C@@H]2CO2)=P(c2ccccc2)(c2ccccc2)c2ccccc2)cc1. The molecule has 54 heavy (non-hydrogen) atoms. The van der Waals surface area contributed by atoms with E-state index in [0.29, 0.717) is 12.4 Å². The van der Waals surface area contributed by atoms with E-state index in [0.717, 1.165) is 21.5 Å². The summed E-state index contributed by atoms with van der Waals surface area (Å²) in [5.74, 6) is -1.05. The van der Waals surface area contributed by atoms with Crippen LogP contribution in [0.1, 0.15) is 39.7 Å². The van der Waals surface area contributed by atoms with Gasteiger partial charge in [0, 0.05) is 19.2 Å². The fraction of sp³-hybridized carbons (Fsp3) is 0.364. The van der Waals surface area contributed by atoms with E-state index in [-0.39, 0.29) is 41.4 Å². The van der Waals surface area contributed by atoms with Crippen LogP contribution < -0.4 is 20.7 Å². The molecule has 0 bridgehead atoms. The number of amides is 1. The summed E-state index contributed by atoms with van der Waals surface area (Å²) in [7, 11) is -0.722. The quantitative estimate of drug-likeness (QED) is 0.0447. The van der Waals surface area contributed by atoms with Gasteiger partial charge in [-0.25, -0.2) is 4.79 Å². The minimum absolute atomic E-state index is 0.0148. The van der Waals surface area contributed by atoms with Crippen LogP contribution in [0.25, 0.3) is 0 Å². The van der Waals surface area contributed by atoms with Crippen molar-refractivity contribution < 1.29 is 28.2 Å². The first-order valence-electron chi connectivity index (χ1n) is 18.6. The molecule has 4 aromatic carbocycles. The van der Waals surface area contributed by atoms with E-state index in [4.69, 9.17) is 18.6 Å². The van der Waals surface area contributed by atoms with Crippen LogP contribution in [0.5, 0.6) is 5.75 Å². The second-order valence-corrected chi connectivity index (χ2v) is 23.7. The van der Waals surface area contributed by atoms with Gasteiger partial charge in [-0.1, -0.05) is 124 Å². The Bertz CT molecular complexity index is 1920. The van der Waals surface area contributed by atoms with Crippen LogP contribution in [0, 0.1) is 23.2 Å². The maximum atomic E-state index is 15.4. The lowest BCUT2D eigenvalue weighted by molar-refractivity contribution is -0.161. The van der Waals surface area contributed by atoms with Gasteiger partial charge in [0.1, 0.15) is 17.8 Å². The molecule has 8 nitrogen and oxygen atoms in total. The van der Waals surface area contributed by atoms with Crippen molar-refractivity contribution >= 4 is 48.4 Å². The number of hydrogen-bond donors (Lipinski definition) is 0. The highest BCUT2D eigenvalue weighted by atomic mass is 31.2. The molecule has 0 aliphatic carbocycles. The average molecular weight is 763 g/mol. The summed E-state index contributed by atoms with van der Waals surface area (Å²) < 4.78 is 24.5. The van der Waals surface area contributed by atoms with Gasteiger partial charge < -0.3 is 23.5 Å². The third-order valence-corrected chi connectivity index (χ3v) is 20.1. The number of esters is 1. The Labute approximate surface area is 321 Å². The molecule has 0 unspecified atom stereocenters. The second-order valence-electron chi connectivity index (χ2n) is 15.6. The van der Waals surface area contributed by atoms with E-state index in [1.165, 1.54) is 0 Å². The van der Waals surface area contributed by atoms with Gasteiger partial charge in [0.2, 0.25) is 5.91 Å². The maximum absolute atomic E-state index is 15.4. The summed E-state index contributed by atoms with van der Waals surface area (Å²) in [6.07, 6.45) is -0.527. The number of ether oxygens (including phenoxy) is 3. The lowest BCUT2D eigenvalue weighted by Crippen LogP contribution is -2.71. The van der Waals surface area contributed by atoms with Crippen molar-refractivity contribution in [3.63, 3.8) is 0 Å². The monoisotopic (exact) mass is 762 g/mol. The molecule has 282 valence electrons. The molecule has 4 aromatic rings. The van der Waals surface area contributed by atoms with Crippen LogP contribution in [-0.4, -0.2) is 62.5 Å². The molecule has 2 aliphatic heterocycles. The zero-order valence-corrected chi connectivity index (χ0v) is 34.2. The molecule has 6 rings (SSSR count). The van der Waals surface area contributed by atoms with Gasteiger partial charge in [0.05, 0.1) is 44.0 Å². The number of benzene rings is 4. The van der Waals surface area contributed by atoms with Gasteiger partial charge in [-0.05, 0) is 58.7 Å². The van der Waals surface area contributed by atoms with E-state index < -0.39 is 39.2 Å². The number of epoxide rings is 1. The summed E-state index contributed by atoms with van der Waals surface area (Å²) in [5, 5.41) is 12.8. The Morgan fingerprint density at radius 1 is 0.907 bits per heavy atom. The van der Waals surface area contributed by atoms with E-state index in [1.807, 2.05) is 122 Å². The fourth-order valence-corrected chi connectivity index (χ4v) is 13.2. The fourth-order valence-electron chi connectivity index (χ4n) is 7.41. The third kappa shape index (κ3) is 7.58. The van der Waals surface area contributed by atoms with Crippen molar-refractivity contribution in [3.05, 3.63) is 121 Å². The molecule has 2 fully saturated rings. The predicted molar refractivity (Wildman–Crippen MR) is 218 cm³/mol. The largest absolute Gasteiger partial charge is 0.497 e. The van der Waals surface area contributed by atoms with E-state index in [1.54, 1.807) is 12.0 Å². The van der Waals surface area contributed by atoms with Crippen molar-refractivity contribution in [3.8, 4) is 11.8 Å². The predicted octanol–water partition coefficient (Wildman–Crippen LogP) is 7.03. The highest BCUT2D eigenvalue weighted by Crippen LogP contribution is 2.52. The first kappa shape index (κ1) is 39.2. The number of likely N-dealkylation sites (tertiary alicyclic amines) is 1. The number of methoxy groups -OCH3 is 1. The molecule has 2 aliphatic rings. The summed E-state index contributed by atoms with van der Waals surface area (Å²) >= 11 is 0. The molecule has 0 aromatic heterocycles. The Morgan fingerprint density at radius 3 is 1.83 bits per heavy atom. The van der Waals surface area contributed by atoms with Crippen molar-refractivity contribution in [1.82, 2.24) is 4.90 Å². The number of rotatable bonds is 14. The van der Waals surface area contributed by atoms with E-state index in [9.17, 15) is 5.26 Å². The summed E-state index contributed by atoms with van der Waals surface area (Å²) in [4.78, 5) is 32.3. The number of carbonyl (C=O) groups excluding carboxylic acids is 2. The maximum Gasteiger partial charge on any atom is 0.356 e. The topological polar surface area (TPSA) is 101 Å². The molecule has 10 heteroatoms. The minimum atomic E-state index is -3.17. The van der Waals surface area contributed by atoms with Gasteiger partial charge in [0.15, 0.2) is 8.32 Å². The molecule has 0 radical (unpaired) electrons. The van der Waals surface area contributed by atoms with Gasteiger partial charge in [0.25, 0.3) is 0 Å². The van der Waals surface area contributed by atoms with Crippen LogP contribution in [-0.2, 0) is 30.1 Å². The smallest absolute Gasteiger partial charge is 0.356 e. The van der Waals surface area contributed by atoms with E-state index in [2.05, 4.69) is 39.9 Å². The average Bonchev–Trinajstić information content (AvgIpc) is 4.02. The standard InChI is InChI=1S/C44H51N2O6PSi/c1-31(52-54(6,7)44(2,3)4)39-40(37(27-28-45)38-30-50-38)46(41(39)47)42(43(48)51-29-32-23-25-33(49-5)26-24-32)53(34-17-11-8-12-18-34,35-19-13-9-14-20-35)36-21-15-10-16-22-36/h8-26,31,37-40H,27,29-30H2,1-7H3/t31-,37+,38+,39-,40-/m1/s1. The summed E-state index contributed by atoms with van der Waals surface area (Å²) in [6, 6.07) is 39.2.